The fourth-order valence-corrected chi connectivity index (χ4v) is 3.75. The van der Waals surface area contributed by atoms with E-state index in [9.17, 15) is 4.79 Å². The Labute approximate surface area is 174 Å². The molecule has 30 heavy (non-hydrogen) atoms. The Balaban J connectivity index is 0.000000592. The topological polar surface area (TPSA) is 79.2 Å². The van der Waals surface area contributed by atoms with Gasteiger partial charge >= 0.3 is 0 Å². The molecule has 7 nitrogen and oxygen atoms in total. The number of anilines is 1. The van der Waals surface area contributed by atoms with Gasteiger partial charge < -0.3 is 4.90 Å². The maximum Gasteiger partial charge on any atom is 0.244 e. The maximum atomic E-state index is 12.5. The highest BCUT2D eigenvalue weighted by Gasteiger charge is 2.33. The molecule has 6 rings (SSSR count). The number of hydrogen-bond acceptors (Lipinski definition) is 4. The number of carbonyl (C=O) groups excluding carboxylic acids is 1. The smallest absolute Gasteiger partial charge is 0.244 e. The second kappa shape index (κ2) is 7.30. The highest BCUT2D eigenvalue weighted by atomic mass is 16.2. The van der Waals surface area contributed by atoms with Crippen molar-refractivity contribution in [1.29, 1.82) is 5.26 Å². The summed E-state index contributed by atoms with van der Waals surface area (Å²) in [4.78, 5) is 14.2. The lowest BCUT2D eigenvalue weighted by atomic mass is 10.1. The summed E-state index contributed by atoms with van der Waals surface area (Å²) >= 11 is 0. The second-order valence-corrected chi connectivity index (χ2v) is 7.84. The Morgan fingerprint density at radius 1 is 1.07 bits per heavy atom. The van der Waals surface area contributed by atoms with Gasteiger partial charge in [0, 0.05) is 36.9 Å². The van der Waals surface area contributed by atoms with Crippen LogP contribution in [-0.2, 0) is 11.8 Å². The van der Waals surface area contributed by atoms with E-state index in [0.717, 1.165) is 33.2 Å². The Morgan fingerprint density at radius 2 is 1.87 bits per heavy atom. The Hall–Kier alpha value is -3.66. The van der Waals surface area contributed by atoms with Crippen molar-refractivity contribution >= 4 is 28.0 Å². The molecule has 2 fully saturated rings. The van der Waals surface area contributed by atoms with Crippen LogP contribution in [0.25, 0.3) is 27.5 Å². The highest BCUT2D eigenvalue weighted by molar-refractivity contribution is 6.02. The second-order valence-electron chi connectivity index (χ2n) is 7.84. The predicted molar refractivity (Wildman–Crippen MR) is 115 cm³/mol. The molecule has 1 unspecified atom stereocenters. The molecule has 150 valence electrons. The number of carbonyl (C=O) groups is 1. The van der Waals surface area contributed by atoms with Crippen molar-refractivity contribution in [1.82, 2.24) is 19.4 Å². The molecule has 1 atom stereocenters. The van der Waals surface area contributed by atoms with Crippen LogP contribution < -0.4 is 4.90 Å². The molecular formula is C23H22N6O. The summed E-state index contributed by atoms with van der Waals surface area (Å²) in [7, 11) is 1.92. The molecule has 1 aliphatic carbocycles. The van der Waals surface area contributed by atoms with Crippen molar-refractivity contribution in [3.05, 3.63) is 48.9 Å². The van der Waals surface area contributed by atoms with Gasteiger partial charge in [0.1, 0.15) is 5.92 Å². The normalized spacial score (nSPS) is 17.8. The minimum absolute atomic E-state index is 0.135. The number of fused-ring (bicyclic) bond motifs is 2. The third kappa shape index (κ3) is 3.20. The third-order valence-electron chi connectivity index (χ3n) is 5.57. The SMILES string of the molecule is C1CC1.Cn1ncc2ccc(-c3cc4c(N5CCC(C#N)C5=O)ccnn4c3)cc21. The molecule has 1 amide bonds. The molecule has 1 aliphatic heterocycles. The van der Waals surface area contributed by atoms with E-state index in [0.29, 0.717) is 13.0 Å². The monoisotopic (exact) mass is 398 g/mol. The fourth-order valence-electron chi connectivity index (χ4n) is 3.75. The van der Waals surface area contributed by atoms with Gasteiger partial charge in [0.15, 0.2) is 0 Å². The van der Waals surface area contributed by atoms with Gasteiger partial charge in [-0.05, 0) is 30.2 Å². The Bertz CT molecular complexity index is 1290. The molecule has 0 N–H and O–H groups in total. The van der Waals surface area contributed by atoms with Crippen molar-refractivity contribution in [3.8, 4) is 17.2 Å². The number of hydrogen-bond donors (Lipinski definition) is 0. The van der Waals surface area contributed by atoms with Crippen LogP contribution in [-0.4, -0.2) is 31.8 Å². The van der Waals surface area contributed by atoms with Gasteiger partial charge in [-0.15, -0.1) is 0 Å². The van der Waals surface area contributed by atoms with Crippen molar-refractivity contribution in [2.45, 2.75) is 25.7 Å². The molecule has 1 saturated heterocycles. The van der Waals surface area contributed by atoms with Gasteiger partial charge in [-0.25, -0.2) is 4.52 Å². The highest BCUT2D eigenvalue weighted by Crippen LogP contribution is 2.32. The van der Waals surface area contributed by atoms with E-state index in [4.69, 9.17) is 5.26 Å². The van der Waals surface area contributed by atoms with Crippen LogP contribution in [0.3, 0.4) is 0 Å². The molecular weight excluding hydrogens is 376 g/mol. The summed E-state index contributed by atoms with van der Waals surface area (Å²) in [6, 6.07) is 12.2. The first-order valence-electron chi connectivity index (χ1n) is 10.3. The lowest BCUT2D eigenvalue weighted by Gasteiger charge is -2.16. The lowest BCUT2D eigenvalue weighted by Crippen LogP contribution is -2.27. The number of aryl methyl sites for hydroxylation is 1. The van der Waals surface area contributed by atoms with Gasteiger partial charge in [-0.1, -0.05) is 31.4 Å². The summed E-state index contributed by atoms with van der Waals surface area (Å²) in [6.07, 6.45) is 10.6. The summed E-state index contributed by atoms with van der Waals surface area (Å²) in [5.41, 5.74) is 4.78. The molecule has 0 bridgehead atoms. The van der Waals surface area contributed by atoms with Crippen molar-refractivity contribution in [2.24, 2.45) is 13.0 Å². The molecule has 0 spiro atoms. The molecule has 4 heterocycles. The Kier molecular flexibility index (Phi) is 4.47. The van der Waals surface area contributed by atoms with Gasteiger partial charge in [0.05, 0.1) is 29.0 Å². The van der Waals surface area contributed by atoms with E-state index in [-0.39, 0.29) is 5.91 Å². The third-order valence-corrected chi connectivity index (χ3v) is 5.57. The molecule has 3 aromatic heterocycles. The summed E-state index contributed by atoms with van der Waals surface area (Å²) in [6.45, 7) is 0.554. The van der Waals surface area contributed by atoms with Crippen LogP contribution in [0.2, 0.25) is 0 Å². The zero-order valence-electron chi connectivity index (χ0n) is 16.8. The van der Waals surface area contributed by atoms with Crippen molar-refractivity contribution < 1.29 is 4.79 Å². The Morgan fingerprint density at radius 3 is 2.60 bits per heavy atom. The van der Waals surface area contributed by atoms with Crippen LogP contribution in [0.15, 0.2) is 48.9 Å². The fraction of sp³-hybridized carbons (Fsp3) is 0.304. The number of benzene rings is 1. The van der Waals surface area contributed by atoms with Crippen LogP contribution >= 0.6 is 0 Å². The van der Waals surface area contributed by atoms with Crippen molar-refractivity contribution in [3.63, 3.8) is 0 Å². The lowest BCUT2D eigenvalue weighted by molar-refractivity contribution is -0.118. The quantitative estimate of drug-likeness (QED) is 0.512. The summed E-state index contributed by atoms with van der Waals surface area (Å²) in [5, 5.41) is 18.9. The van der Waals surface area contributed by atoms with Crippen molar-refractivity contribution in [2.75, 3.05) is 11.4 Å². The van der Waals surface area contributed by atoms with Gasteiger partial charge in [-0.3, -0.25) is 9.48 Å². The first-order valence-corrected chi connectivity index (χ1v) is 10.3. The van der Waals surface area contributed by atoms with Gasteiger partial charge in [-0.2, -0.15) is 15.5 Å². The number of aromatic nitrogens is 4. The number of amides is 1. The standard InChI is InChI=1S/C20H16N6O.C3H6/c1-24-18-8-13(2-3-15(18)11-23-24)16-9-19-17(4-6-22-26(19)12-16)25-7-5-14(10-21)20(25)27;1-2-3-1/h2-4,6,8-9,11-12,14H,5,7H2,1H3;1-3H2. The van der Waals surface area contributed by atoms with E-state index >= 15 is 0 Å². The van der Waals surface area contributed by atoms with E-state index in [1.165, 1.54) is 19.3 Å². The van der Waals surface area contributed by atoms with E-state index in [2.05, 4.69) is 34.5 Å². The molecule has 1 saturated carbocycles. The van der Waals surface area contributed by atoms with E-state index < -0.39 is 5.92 Å². The number of nitrogens with zero attached hydrogens (tertiary/aromatic N) is 6. The minimum Gasteiger partial charge on any atom is -0.309 e. The summed E-state index contributed by atoms with van der Waals surface area (Å²) < 4.78 is 3.63. The van der Waals surface area contributed by atoms with E-state index in [1.54, 1.807) is 15.6 Å². The number of nitriles is 1. The van der Waals surface area contributed by atoms with Gasteiger partial charge in [0.25, 0.3) is 0 Å². The average molecular weight is 398 g/mol. The zero-order valence-corrected chi connectivity index (χ0v) is 16.8. The molecule has 0 radical (unpaired) electrons. The molecule has 4 aromatic rings. The summed E-state index contributed by atoms with van der Waals surface area (Å²) in [5.74, 6) is -0.690. The molecule has 7 heteroatoms. The maximum absolute atomic E-state index is 12.5. The first kappa shape index (κ1) is 18.4. The first-order chi connectivity index (χ1) is 14.7. The van der Waals surface area contributed by atoms with Crippen LogP contribution in [0.4, 0.5) is 5.69 Å². The average Bonchev–Trinajstić information content (AvgIpc) is 3.40. The zero-order chi connectivity index (χ0) is 20.7. The molecule has 2 aliphatic rings. The minimum atomic E-state index is -0.556. The predicted octanol–water partition coefficient (Wildman–Crippen LogP) is 3.93. The van der Waals surface area contributed by atoms with Crippen LogP contribution in [0, 0.1) is 17.2 Å². The van der Waals surface area contributed by atoms with Gasteiger partial charge in [0.2, 0.25) is 5.91 Å². The largest absolute Gasteiger partial charge is 0.309 e. The van der Waals surface area contributed by atoms with Crippen LogP contribution in [0.1, 0.15) is 25.7 Å². The van der Waals surface area contributed by atoms with Crippen LogP contribution in [0.5, 0.6) is 0 Å². The number of rotatable bonds is 2. The molecule has 1 aromatic carbocycles. The van der Waals surface area contributed by atoms with E-state index in [1.807, 2.05) is 36.3 Å².